The number of likely N-dealkylation sites (tertiary alicyclic amines) is 1. The number of hydrogen-bond donors (Lipinski definition) is 2. The summed E-state index contributed by atoms with van der Waals surface area (Å²) in [5, 5.41) is 6.26. The van der Waals surface area contributed by atoms with Gasteiger partial charge >= 0.3 is 0 Å². The van der Waals surface area contributed by atoms with E-state index in [4.69, 9.17) is 14.2 Å². The summed E-state index contributed by atoms with van der Waals surface area (Å²) in [6, 6.07) is 20.9. The van der Waals surface area contributed by atoms with Crippen LogP contribution in [0.3, 0.4) is 0 Å². The summed E-state index contributed by atoms with van der Waals surface area (Å²) in [6.45, 7) is 11.9. The Morgan fingerprint density at radius 3 is 2.42 bits per heavy atom. The smallest absolute Gasteiger partial charge is 0.262 e. The number of amides is 1. The van der Waals surface area contributed by atoms with Crippen LogP contribution in [-0.4, -0.2) is 53.1 Å². The molecule has 1 aliphatic rings. The van der Waals surface area contributed by atoms with Crippen molar-refractivity contribution in [2.45, 2.75) is 59.5 Å². The standard InChI is InChI=1S/C36H43N5O4/c1-25(2)44-31-17-6-7-18-32(31)45-35-30(34(42)39-33-26(3)13-10-14-27(33)4)24-37-36(40-35)38-28-15-11-16-29(23-28)43-22-12-21-41-19-8-5-9-20-41/h6-7,10-11,13-18,23-25H,5,8-9,12,19-22H2,1-4H3,(H,39,42)(H,37,38,40). The van der Waals surface area contributed by atoms with Gasteiger partial charge in [0.2, 0.25) is 11.8 Å². The fourth-order valence-electron chi connectivity index (χ4n) is 5.30. The van der Waals surface area contributed by atoms with E-state index in [1.165, 1.54) is 38.5 Å². The molecule has 0 radical (unpaired) electrons. The number of para-hydroxylation sites is 3. The molecule has 9 heteroatoms. The molecule has 1 fully saturated rings. The van der Waals surface area contributed by atoms with Crippen molar-refractivity contribution in [1.29, 1.82) is 0 Å². The summed E-state index contributed by atoms with van der Waals surface area (Å²) in [6.07, 6.45) is 6.31. The largest absolute Gasteiger partial charge is 0.493 e. The molecule has 1 aromatic heterocycles. The van der Waals surface area contributed by atoms with Gasteiger partial charge in [0.25, 0.3) is 5.91 Å². The Bertz CT molecular complexity index is 1570. The van der Waals surface area contributed by atoms with Crippen molar-refractivity contribution in [3.8, 4) is 23.1 Å². The molecule has 5 rings (SSSR count). The fraction of sp³-hybridized carbons (Fsp3) is 0.361. The zero-order chi connectivity index (χ0) is 31.6. The van der Waals surface area contributed by atoms with E-state index in [9.17, 15) is 4.79 Å². The molecular formula is C36H43N5O4. The Hall–Kier alpha value is -4.63. The van der Waals surface area contributed by atoms with E-state index in [-0.39, 0.29) is 29.4 Å². The van der Waals surface area contributed by atoms with E-state index in [1.807, 2.05) is 88.4 Å². The number of carbonyl (C=O) groups is 1. The highest BCUT2D eigenvalue weighted by Crippen LogP contribution is 2.34. The Morgan fingerprint density at radius 1 is 0.933 bits per heavy atom. The first kappa shape index (κ1) is 31.8. The minimum Gasteiger partial charge on any atom is -0.493 e. The van der Waals surface area contributed by atoms with E-state index in [1.54, 1.807) is 6.07 Å². The SMILES string of the molecule is Cc1cccc(C)c1NC(=O)c1cnc(Nc2cccc(OCCCN3CCCCC3)c2)nc1Oc1ccccc1OC(C)C. The average Bonchev–Trinajstić information content (AvgIpc) is 3.03. The zero-order valence-electron chi connectivity index (χ0n) is 26.6. The molecule has 0 aliphatic carbocycles. The van der Waals surface area contributed by atoms with Gasteiger partial charge in [-0.3, -0.25) is 4.79 Å². The second-order valence-electron chi connectivity index (χ2n) is 11.6. The molecule has 45 heavy (non-hydrogen) atoms. The Kier molecular flexibility index (Phi) is 10.9. The molecule has 0 bridgehead atoms. The van der Waals surface area contributed by atoms with Crippen molar-refractivity contribution in [2.75, 3.05) is 36.9 Å². The molecule has 3 aromatic carbocycles. The maximum absolute atomic E-state index is 13.6. The first-order valence-electron chi connectivity index (χ1n) is 15.8. The van der Waals surface area contributed by atoms with Crippen LogP contribution in [0.5, 0.6) is 23.1 Å². The molecule has 2 N–H and O–H groups in total. The minimum atomic E-state index is -0.379. The minimum absolute atomic E-state index is 0.0663. The van der Waals surface area contributed by atoms with Crippen LogP contribution >= 0.6 is 0 Å². The monoisotopic (exact) mass is 609 g/mol. The molecule has 0 atom stereocenters. The van der Waals surface area contributed by atoms with Crippen LogP contribution in [0.15, 0.2) is 72.9 Å². The molecule has 2 heterocycles. The predicted octanol–water partition coefficient (Wildman–Crippen LogP) is 7.92. The van der Waals surface area contributed by atoms with E-state index in [0.29, 0.717) is 18.1 Å². The molecule has 0 spiro atoms. The van der Waals surface area contributed by atoms with Gasteiger partial charge in [0.15, 0.2) is 11.5 Å². The number of ether oxygens (including phenoxy) is 3. The molecule has 0 unspecified atom stereocenters. The van der Waals surface area contributed by atoms with Crippen molar-refractivity contribution in [3.63, 3.8) is 0 Å². The van der Waals surface area contributed by atoms with Crippen molar-refractivity contribution in [2.24, 2.45) is 0 Å². The normalized spacial score (nSPS) is 13.4. The highest BCUT2D eigenvalue weighted by molar-refractivity contribution is 6.06. The number of aromatic nitrogens is 2. The van der Waals surface area contributed by atoms with Crippen LogP contribution in [0.2, 0.25) is 0 Å². The molecule has 1 aliphatic heterocycles. The van der Waals surface area contributed by atoms with E-state index >= 15 is 0 Å². The quantitative estimate of drug-likeness (QED) is 0.148. The second kappa shape index (κ2) is 15.4. The number of anilines is 3. The lowest BCUT2D eigenvalue weighted by atomic mass is 10.1. The lowest BCUT2D eigenvalue weighted by molar-refractivity contribution is 0.102. The molecule has 1 saturated heterocycles. The van der Waals surface area contributed by atoms with Crippen LogP contribution < -0.4 is 24.8 Å². The predicted molar refractivity (Wildman–Crippen MR) is 178 cm³/mol. The third-order valence-electron chi connectivity index (χ3n) is 7.56. The molecule has 1 amide bonds. The number of benzene rings is 3. The number of nitrogens with zero attached hydrogens (tertiary/aromatic N) is 3. The van der Waals surface area contributed by atoms with Crippen molar-refractivity contribution in [1.82, 2.24) is 14.9 Å². The first-order valence-corrected chi connectivity index (χ1v) is 15.8. The zero-order valence-corrected chi connectivity index (χ0v) is 26.6. The lowest BCUT2D eigenvalue weighted by Crippen LogP contribution is -2.31. The van der Waals surface area contributed by atoms with Gasteiger partial charge in [0.1, 0.15) is 11.3 Å². The summed E-state index contributed by atoms with van der Waals surface area (Å²) in [7, 11) is 0. The molecule has 9 nitrogen and oxygen atoms in total. The highest BCUT2D eigenvalue weighted by Gasteiger charge is 2.20. The summed E-state index contributed by atoms with van der Waals surface area (Å²) in [4.78, 5) is 25.2. The van der Waals surface area contributed by atoms with E-state index in [0.717, 1.165) is 41.2 Å². The van der Waals surface area contributed by atoms with Gasteiger partial charge in [-0.15, -0.1) is 0 Å². The number of nitrogens with one attached hydrogen (secondary N) is 2. The van der Waals surface area contributed by atoms with Crippen LogP contribution in [0.1, 0.15) is 61.0 Å². The van der Waals surface area contributed by atoms with E-state index < -0.39 is 0 Å². The number of carbonyl (C=O) groups excluding carboxylic acids is 1. The van der Waals surface area contributed by atoms with Gasteiger partial charge in [-0.2, -0.15) is 4.98 Å². The third kappa shape index (κ3) is 8.95. The van der Waals surface area contributed by atoms with Gasteiger partial charge in [0, 0.05) is 30.2 Å². The molecule has 236 valence electrons. The topological polar surface area (TPSA) is 97.8 Å². The van der Waals surface area contributed by atoms with Crippen molar-refractivity contribution < 1.29 is 19.0 Å². The van der Waals surface area contributed by atoms with Crippen LogP contribution in [0.4, 0.5) is 17.3 Å². The Labute approximate surface area is 266 Å². The molecular weight excluding hydrogens is 566 g/mol. The van der Waals surface area contributed by atoms with Gasteiger partial charge in [-0.1, -0.05) is 42.8 Å². The van der Waals surface area contributed by atoms with Gasteiger partial charge in [-0.25, -0.2) is 4.98 Å². The van der Waals surface area contributed by atoms with Crippen LogP contribution in [-0.2, 0) is 0 Å². The van der Waals surface area contributed by atoms with Crippen LogP contribution in [0, 0.1) is 13.8 Å². The van der Waals surface area contributed by atoms with Crippen LogP contribution in [0.25, 0.3) is 0 Å². The third-order valence-corrected chi connectivity index (χ3v) is 7.56. The summed E-state index contributed by atoms with van der Waals surface area (Å²) >= 11 is 0. The maximum Gasteiger partial charge on any atom is 0.262 e. The number of rotatable bonds is 13. The highest BCUT2D eigenvalue weighted by atomic mass is 16.5. The first-order chi connectivity index (χ1) is 21.9. The van der Waals surface area contributed by atoms with Gasteiger partial charge in [-0.05, 0) is 95.4 Å². The Morgan fingerprint density at radius 2 is 1.67 bits per heavy atom. The number of hydrogen-bond acceptors (Lipinski definition) is 8. The average molecular weight is 610 g/mol. The molecule has 4 aromatic rings. The molecule has 0 saturated carbocycles. The maximum atomic E-state index is 13.6. The summed E-state index contributed by atoms with van der Waals surface area (Å²) < 4.78 is 18.3. The van der Waals surface area contributed by atoms with Crippen molar-refractivity contribution in [3.05, 3.63) is 89.6 Å². The summed E-state index contributed by atoms with van der Waals surface area (Å²) in [5.74, 6) is 1.75. The second-order valence-corrected chi connectivity index (χ2v) is 11.6. The Balaban J connectivity index is 1.34. The van der Waals surface area contributed by atoms with E-state index in [2.05, 4.69) is 25.5 Å². The lowest BCUT2D eigenvalue weighted by Gasteiger charge is -2.26. The van der Waals surface area contributed by atoms with Crippen molar-refractivity contribution >= 4 is 23.2 Å². The fourth-order valence-corrected chi connectivity index (χ4v) is 5.30. The summed E-state index contributed by atoms with van der Waals surface area (Å²) in [5.41, 5.74) is 3.59. The number of piperidine rings is 1. The number of aryl methyl sites for hydroxylation is 2. The van der Waals surface area contributed by atoms with Gasteiger partial charge in [0.05, 0.1) is 12.7 Å². The van der Waals surface area contributed by atoms with Gasteiger partial charge < -0.3 is 29.7 Å².